The largest absolute Gasteiger partial charge is 0.480 e. The van der Waals surface area contributed by atoms with E-state index in [1.807, 2.05) is 30.3 Å². The first-order valence-electron chi connectivity index (χ1n) is 12.0. The molecule has 4 atom stereocenters. The second kappa shape index (κ2) is 12.8. The first-order chi connectivity index (χ1) is 17.7. The summed E-state index contributed by atoms with van der Waals surface area (Å²) in [7, 11) is 1.32. The van der Waals surface area contributed by atoms with E-state index in [9.17, 15) is 29.4 Å². The standard InChI is InChI=1S/C26H31N3O8/c1-17(30)22(24(32)33)27-23(31)19-11-8-13-28(15-19)16-37-26(35)29-14-7-6-12-20(29)21(25(34)36-2)18-9-4-3-5-10-18/h3-5,8-11,13,15,17,20-22,30H,6-7,12,14,16H2,1-2H3,(H-,27,31,32,33)/p+1. The van der Waals surface area contributed by atoms with Gasteiger partial charge in [-0.05, 0) is 37.8 Å². The molecule has 37 heavy (non-hydrogen) atoms. The van der Waals surface area contributed by atoms with E-state index in [0.29, 0.717) is 13.0 Å². The monoisotopic (exact) mass is 514 g/mol. The Hall–Kier alpha value is -3.99. The Labute approximate surface area is 214 Å². The third kappa shape index (κ3) is 7.04. The van der Waals surface area contributed by atoms with Gasteiger partial charge in [0.15, 0.2) is 18.4 Å². The lowest BCUT2D eigenvalue weighted by atomic mass is 9.85. The van der Waals surface area contributed by atoms with Crippen LogP contribution in [0.15, 0.2) is 54.9 Å². The molecule has 0 bridgehead atoms. The van der Waals surface area contributed by atoms with Crippen molar-refractivity contribution < 1.29 is 43.4 Å². The van der Waals surface area contributed by atoms with Gasteiger partial charge in [-0.2, -0.15) is 4.57 Å². The molecule has 1 saturated heterocycles. The molecule has 4 unspecified atom stereocenters. The van der Waals surface area contributed by atoms with E-state index < -0.39 is 48.0 Å². The van der Waals surface area contributed by atoms with Crippen LogP contribution in [0.1, 0.15) is 48.0 Å². The first-order valence-corrected chi connectivity index (χ1v) is 12.0. The maximum absolute atomic E-state index is 13.1. The quantitative estimate of drug-likeness (QED) is 0.337. The summed E-state index contributed by atoms with van der Waals surface area (Å²) in [4.78, 5) is 51.1. The Morgan fingerprint density at radius 2 is 1.86 bits per heavy atom. The SMILES string of the molecule is COC(=O)C(c1ccccc1)C1CCCCN1C(=O)OC[n+]1cccc(C(=O)NC(C(=O)O)C(C)O)c1. The van der Waals surface area contributed by atoms with Crippen LogP contribution in [0.4, 0.5) is 4.79 Å². The Morgan fingerprint density at radius 3 is 2.51 bits per heavy atom. The summed E-state index contributed by atoms with van der Waals surface area (Å²) in [6.07, 6.45) is 3.33. The number of carboxylic acids is 1. The van der Waals surface area contributed by atoms with Crippen LogP contribution in [0.2, 0.25) is 0 Å². The minimum absolute atomic E-state index is 0.121. The fraction of sp³-hybridized carbons (Fsp3) is 0.423. The van der Waals surface area contributed by atoms with Crippen molar-refractivity contribution in [3.8, 4) is 0 Å². The summed E-state index contributed by atoms with van der Waals surface area (Å²) >= 11 is 0. The van der Waals surface area contributed by atoms with E-state index >= 15 is 0 Å². The number of pyridine rings is 1. The molecule has 11 nitrogen and oxygen atoms in total. The molecule has 2 amide bonds. The number of carbonyl (C=O) groups is 4. The van der Waals surface area contributed by atoms with Crippen molar-refractivity contribution in [1.82, 2.24) is 10.2 Å². The van der Waals surface area contributed by atoms with Crippen LogP contribution in [-0.2, 0) is 25.8 Å². The minimum atomic E-state index is -1.47. The van der Waals surface area contributed by atoms with Gasteiger partial charge in [0.05, 0.1) is 19.3 Å². The Kier molecular flexibility index (Phi) is 9.56. The molecule has 3 rings (SSSR count). The summed E-state index contributed by atoms with van der Waals surface area (Å²) < 4.78 is 12.0. The van der Waals surface area contributed by atoms with Gasteiger partial charge >= 0.3 is 18.0 Å². The number of esters is 1. The lowest BCUT2D eigenvalue weighted by Gasteiger charge is -2.38. The zero-order valence-corrected chi connectivity index (χ0v) is 20.8. The van der Waals surface area contributed by atoms with E-state index in [-0.39, 0.29) is 12.3 Å². The molecule has 1 aromatic carbocycles. The normalized spacial score (nSPS) is 17.7. The van der Waals surface area contributed by atoms with Crippen LogP contribution in [-0.4, -0.2) is 70.9 Å². The van der Waals surface area contributed by atoms with E-state index in [2.05, 4.69) is 5.32 Å². The predicted octanol–water partition coefficient (Wildman–Crippen LogP) is 1.44. The van der Waals surface area contributed by atoms with Gasteiger partial charge in [0, 0.05) is 12.6 Å². The highest BCUT2D eigenvalue weighted by molar-refractivity contribution is 5.96. The average molecular weight is 515 g/mol. The van der Waals surface area contributed by atoms with E-state index in [1.54, 1.807) is 17.2 Å². The van der Waals surface area contributed by atoms with E-state index in [0.717, 1.165) is 18.4 Å². The van der Waals surface area contributed by atoms with Crippen LogP contribution in [0.3, 0.4) is 0 Å². The van der Waals surface area contributed by atoms with Crippen LogP contribution in [0.25, 0.3) is 0 Å². The number of ether oxygens (including phenoxy) is 2. The molecular formula is C26H32N3O8+. The second-order valence-corrected chi connectivity index (χ2v) is 8.84. The third-order valence-corrected chi connectivity index (χ3v) is 6.27. The number of amides is 2. The Bertz CT molecular complexity index is 1110. The molecule has 0 saturated carbocycles. The fourth-order valence-electron chi connectivity index (χ4n) is 4.40. The molecule has 0 aliphatic carbocycles. The lowest BCUT2D eigenvalue weighted by Crippen LogP contribution is -2.50. The number of likely N-dealkylation sites (tertiary alicyclic amines) is 1. The number of carbonyl (C=O) groups excluding carboxylic acids is 3. The molecule has 0 spiro atoms. The van der Waals surface area contributed by atoms with Gasteiger partial charge in [-0.1, -0.05) is 30.3 Å². The number of hydrogen-bond donors (Lipinski definition) is 3. The third-order valence-electron chi connectivity index (χ3n) is 6.27. The summed E-state index contributed by atoms with van der Waals surface area (Å²) in [6.45, 7) is 1.48. The van der Waals surface area contributed by atoms with Gasteiger partial charge in [-0.3, -0.25) is 9.59 Å². The number of methoxy groups -OCH3 is 1. The molecule has 2 aromatic rings. The van der Waals surface area contributed by atoms with E-state index in [1.165, 1.54) is 30.9 Å². The summed E-state index contributed by atoms with van der Waals surface area (Å²) in [6, 6.07) is 10.3. The lowest BCUT2D eigenvalue weighted by molar-refractivity contribution is -0.727. The number of nitrogens with one attached hydrogen (secondary N) is 1. The zero-order valence-electron chi connectivity index (χ0n) is 20.8. The topological polar surface area (TPSA) is 146 Å². The maximum atomic E-state index is 13.1. The molecule has 11 heteroatoms. The molecule has 0 radical (unpaired) electrons. The maximum Gasteiger partial charge on any atom is 0.414 e. The highest BCUT2D eigenvalue weighted by Crippen LogP contribution is 2.32. The number of rotatable bonds is 9. The number of carboxylic acid groups (broad SMARTS) is 1. The van der Waals surface area contributed by atoms with Crippen molar-refractivity contribution in [3.05, 3.63) is 66.0 Å². The summed E-state index contributed by atoms with van der Waals surface area (Å²) in [5, 5.41) is 21.0. The second-order valence-electron chi connectivity index (χ2n) is 8.84. The Balaban J connectivity index is 1.71. The van der Waals surface area contributed by atoms with Crippen LogP contribution < -0.4 is 9.88 Å². The molecule has 2 heterocycles. The van der Waals surface area contributed by atoms with Crippen molar-refractivity contribution in [2.45, 2.75) is 57.0 Å². The molecule has 3 N–H and O–H groups in total. The van der Waals surface area contributed by atoms with Gasteiger partial charge < -0.3 is 29.9 Å². The molecular weight excluding hydrogens is 482 g/mol. The number of aliphatic hydroxyl groups is 1. The number of aromatic nitrogens is 1. The van der Waals surface area contributed by atoms with E-state index in [4.69, 9.17) is 9.47 Å². The van der Waals surface area contributed by atoms with Crippen molar-refractivity contribution in [2.24, 2.45) is 0 Å². The van der Waals surface area contributed by atoms with Gasteiger partial charge in [0.25, 0.3) is 12.6 Å². The van der Waals surface area contributed by atoms with Crippen LogP contribution in [0.5, 0.6) is 0 Å². The number of hydrogen-bond acceptors (Lipinski definition) is 7. The minimum Gasteiger partial charge on any atom is -0.480 e. The smallest absolute Gasteiger partial charge is 0.414 e. The molecule has 1 fully saturated rings. The molecule has 1 aliphatic heterocycles. The fourth-order valence-corrected chi connectivity index (χ4v) is 4.40. The van der Waals surface area contributed by atoms with Crippen molar-refractivity contribution in [3.63, 3.8) is 0 Å². The summed E-state index contributed by atoms with van der Waals surface area (Å²) in [5.41, 5.74) is 0.875. The molecule has 1 aliphatic rings. The van der Waals surface area contributed by atoms with Gasteiger partial charge in [0.1, 0.15) is 11.5 Å². The number of aliphatic carboxylic acids is 1. The number of nitrogens with zero attached hydrogens (tertiary/aromatic N) is 2. The summed E-state index contributed by atoms with van der Waals surface area (Å²) in [5.74, 6) is -3.15. The van der Waals surface area contributed by atoms with Gasteiger partial charge in [-0.25, -0.2) is 9.59 Å². The molecule has 198 valence electrons. The predicted molar refractivity (Wildman–Crippen MR) is 129 cm³/mol. The van der Waals surface area contributed by atoms with Crippen molar-refractivity contribution >= 4 is 23.9 Å². The van der Waals surface area contributed by atoms with Gasteiger partial charge in [-0.15, -0.1) is 0 Å². The van der Waals surface area contributed by atoms with Crippen LogP contribution in [0, 0.1) is 0 Å². The number of piperidine rings is 1. The van der Waals surface area contributed by atoms with Crippen molar-refractivity contribution in [1.29, 1.82) is 0 Å². The van der Waals surface area contributed by atoms with Gasteiger partial charge in [0.2, 0.25) is 0 Å². The van der Waals surface area contributed by atoms with Crippen molar-refractivity contribution in [2.75, 3.05) is 13.7 Å². The number of benzene rings is 1. The molecule has 1 aromatic heterocycles. The highest BCUT2D eigenvalue weighted by Gasteiger charge is 2.39. The number of aliphatic hydroxyl groups excluding tert-OH is 1. The zero-order chi connectivity index (χ0) is 26.9. The van der Waals surface area contributed by atoms with Crippen LogP contribution >= 0.6 is 0 Å². The first kappa shape index (κ1) is 27.6. The highest BCUT2D eigenvalue weighted by atomic mass is 16.6. The average Bonchev–Trinajstić information content (AvgIpc) is 2.91. The Morgan fingerprint density at radius 1 is 1.14 bits per heavy atom.